The van der Waals surface area contributed by atoms with Gasteiger partial charge in [-0.05, 0) is 57.5 Å². The first kappa shape index (κ1) is 18.0. The molecule has 26 heavy (non-hydrogen) atoms. The van der Waals surface area contributed by atoms with Gasteiger partial charge >= 0.3 is 6.09 Å². The maximum atomic E-state index is 12.9. The number of hydrogen-bond acceptors (Lipinski definition) is 4. The summed E-state index contributed by atoms with van der Waals surface area (Å²) < 4.78 is 12.4. The van der Waals surface area contributed by atoms with E-state index in [4.69, 9.17) is 9.47 Å². The number of hydrogen-bond donors (Lipinski definition) is 1. The highest BCUT2D eigenvalue weighted by Gasteiger charge is 2.30. The van der Waals surface area contributed by atoms with Crippen molar-refractivity contribution in [3.8, 4) is 17.0 Å². The van der Waals surface area contributed by atoms with Gasteiger partial charge in [0.05, 0.1) is 18.4 Å². The van der Waals surface area contributed by atoms with Gasteiger partial charge < -0.3 is 14.8 Å². The summed E-state index contributed by atoms with van der Waals surface area (Å²) in [6.07, 6.45) is 0.105. The summed E-state index contributed by atoms with van der Waals surface area (Å²) in [5.41, 5.74) is 3.04. The van der Waals surface area contributed by atoms with Crippen LogP contribution in [-0.2, 0) is 11.2 Å². The first-order valence-electron chi connectivity index (χ1n) is 8.62. The standard InChI is InChI=1S/C20H24N2O4/c1-12-10-13(25-5)6-7-14(12)17-11-15-16(8-9-21-18(15)23)22(17)19(24)26-20(2,3)4/h6-7,10-11H,8-9H2,1-5H3,(H,21,23). The molecule has 0 fully saturated rings. The Kier molecular flexibility index (Phi) is 4.52. The number of nitrogens with zero attached hydrogens (tertiary/aromatic N) is 1. The smallest absolute Gasteiger partial charge is 0.419 e. The molecule has 1 aromatic carbocycles. The molecule has 2 aromatic rings. The van der Waals surface area contributed by atoms with E-state index in [-0.39, 0.29) is 5.91 Å². The van der Waals surface area contributed by atoms with Gasteiger partial charge in [0.15, 0.2) is 0 Å². The van der Waals surface area contributed by atoms with Gasteiger partial charge in [-0.25, -0.2) is 9.36 Å². The zero-order valence-electron chi connectivity index (χ0n) is 15.8. The average molecular weight is 356 g/mol. The van der Waals surface area contributed by atoms with E-state index in [1.807, 2.05) is 45.9 Å². The van der Waals surface area contributed by atoms with Gasteiger partial charge in [-0.2, -0.15) is 0 Å². The molecule has 6 heteroatoms. The lowest BCUT2D eigenvalue weighted by atomic mass is 10.0. The van der Waals surface area contributed by atoms with Crippen LogP contribution in [0.25, 0.3) is 11.3 Å². The third-order valence-corrected chi connectivity index (χ3v) is 4.28. The summed E-state index contributed by atoms with van der Waals surface area (Å²) in [4.78, 5) is 25.2. The molecule has 0 radical (unpaired) electrons. The SMILES string of the molecule is COc1ccc(-c2cc3c(n2C(=O)OC(C)(C)C)CCNC3=O)c(C)c1. The molecule has 1 amide bonds. The second-order valence-corrected chi connectivity index (χ2v) is 7.39. The van der Waals surface area contributed by atoms with Gasteiger partial charge in [-0.3, -0.25) is 4.79 Å². The molecule has 1 aliphatic rings. The molecule has 0 aliphatic carbocycles. The van der Waals surface area contributed by atoms with Crippen molar-refractivity contribution in [2.75, 3.05) is 13.7 Å². The van der Waals surface area contributed by atoms with Crippen molar-refractivity contribution in [3.63, 3.8) is 0 Å². The molecule has 138 valence electrons. The van der Waals surface area contributed by atoms with E-state index in [2.05, 4.69) is 5.32 Å². The maximum absolute atomic E-state index is 12.9. The molecule has 3 rings (SSSR count). The number of ether oxygens (including phenoxy) is 2. The van der Waals surface area contributed by atoms with E-state index in [9.17, 15) is 9.59 Å². The van der Waals surface area contributed by atoms with Gasteiger partial charge in [0.1, 0.15) is 11.4 Å². The van der Waals surface area contributed by atoms with E-state index in [1.54, 1.807) is 13.2 Å². The number of carbonyl (C=O) groups is 2. The predicted octanol–water partition coefficient (Wildman–Crippen LogP) is 3.54. The van der Waals surface area contributed by atoms with Gasteiger partial charge in [-0.1, -0.05) is 0 Å². The van der Waals surface area contributed by atoms with Crippen molar-refractivity contribution >= 4 is 12.0 Å². The quantitative estimate of drug-likeness (QED) is 0.893. The van der Waals surface area contributed by atoms with Gasteiger partial charge in [0.2, 0.25) is 0 Å². The van der Waals surface area contributed by atoms with Crippen molar-refractivity contribution in [2.45, 2.75) is 39.7 Å². The van der Waals surface area contributed by atoms with Crippen LogP contribution in [0.15, 0.2) is 24.3 Å². The molecule has 0 spiro atoms. The fourth-order valence-electron chi connectivity index (χ4n) is 3.15. The second kappa shape index (κ2) is 6.52. The largest absolute Gasteiger partial charge is 0.497 e. The number of fused-ring (bicyclic) bond motifs is 1. The fourth-order valence-corrected chi connectivity index (χ4v) is 3.15. The first-order valence-corrected chi connectivity index (χ1v) is 8.62. The van der Waals surface area contributed by atoms with E-state index in [1.165, 1.54) is 4.57 Å². The monoisotopic (exact) mass is 356 g/mol. The highest BCUT2D eigenvalue weighted by molar-refractivity contribution is 6.00. The Labute approximate surface area is 153 Å². The van der Waals surface area contributed by atoms with Crippen molar-refractivity contribution < 1.29 is 19.1 Å². The van der Waals surface area contributed by atoms with Gasteiger partial charge in [0, 0.05) is 24.2 Å². The minimum Gasteiger partial charge on any atom is -0.497 e. The van der Waals surface area contributed by atoms with E-state index in [0.717, 1.165) is 16.9 Å². The number of rotatable bonds is 2. The van der Waals surface area contributed by atoms with E-state index in [0.29, 0.717) is 29.9 Å². The predicted molar refractivity (Wildman–Crippen MR) is 98.8 cm³/mol. The number of amides is 1. The molecule has 1 N–H and O–H groups in total. The van der Waals surface area contributed by atoms with Crippen LogP contribution in [0.2, 0.25) is 0 Å². The van der Waals surface area contributed by atoms with Crippen LogP contribution < -0.4 is 10.1 Å². The molecule has 2 heterocycles. The van der Waals surface area contributed by atoms with E-state index >= 15 is 0 Å². The second-order valence-electron chi connectivity index (χ2n) is 7.39. The Morgan fingerprint density at radius 3 is 2.54 bits per heavy atom. The Balaban J connectivity index is 2.18. The molecule has 1 aliphatic heterocycles. The summed E-state index contributed by atoms with van der Waals surface area (Å²) in [5.74, 6) is 0.574. The number of aryl methyl sites for hydroxylation is 1. The lowest BCUT2D eigenvalue weighted by Gasteiger charge is -2.23. The van der Waals surface area contributed by atoms with Gasteiger partial charge in [0.25, 0.3) is 5.91 Å². The van der Waals surface area contributed by atoms with Crippen LogP contribution in [0.5, 0.6) is 5.75 Å². The van der Waals surface area contributed by atoms with E-state index < -0.39 is 11.7 Å². The minimum absolute atomic E-state index is 0.166. The zero-order valence-corrected chi connectivity index (χ0v) is 15.8. The minimum atomic E-state index is -0.628. The molecule has 0 atom stereocenters. The number of aromatic nitrogens is 1. The molecule has 0 saturated carbocycles. The summed E-state index contributed by atoms with van der Waals surface area (Å²) in [6.45, 7) is 7.92. The highest BCUT2D eigenvalue weighted by atomic mass is 16.6. The zero-order chi connectivity index (χ0) is 19.1. The lowest BCUT2D eigenvalue weighted by Crippen LogP contribution is -2.34. The Morgan fingerprint density at radius 1 is 1.19 bits per heavy atom. The fraction of sp³-hybridized carbons (Fsp3) is 0.400. The number of carbonyl (C=O) groups excluding carboxylic acids is 2. The average Bonchev–Trinajstić information content (AvgIpc) is 2.93. The first-order chi connectivity index (χ1) is 12.2. The molecule has 0 saturated heterocycles. The normalized spacial score (nSPS) is 13.8. The third kappa shape index (κ3) is 3.31. The summed E-state index contributed by atoms with van der Waals surface area (Å²) in [6, 6.07) is 7.41. The molecular formula is C20H24N2O4. The van der Waals surface area contributed by atoms with Crippen LogP contribution in [0.1, 0.15) is 42.4 Å². The Bertz CT molecular complexity index is 875. The molecule has 1 aromatic heterocycles. The number of methoxy groups -OCH3 is 1. The topological polar surface area (TPSA) is 69.6 Å². The number of nitrogens with one attached hydrogen (secondary N) is 1. The van der Waals surface area contributed by atoms with Crippen molar-refractivity contribution in [2.24, 2.45) is 0 Å². The van der Waals surface area contributed by atoms with Crippen LogP contribution in [0.3, 0.4) is 0 Å². The van der Waals surface area contributed by atoms with Crippen LogP contribution in [-0.4, -0.2) is 35.8 Å². The summed E-state index contributed by atoms with van der Waals surface area (Å²) in [5, 5.41) is 2.83. The molecule has 0 unspecified atom stereocenters. The Morgan fingerprint density at radius 2 is 1.92 bits per heavy atom. The maximum Gasteiger partial charge on any atom is 0.419 e. The Hall–Kier alpha value is -2.76. The van der Waals surface area contributed by atoms with Gasteiger partial charge in [-0.15, -0.1) is 0 Å². The summed E-state index contributed by atoms with van der Waals surface area (Å²) in [7, 11) is 1.61. The van der Waals surface area contributed by atoms with Crippen LogP contribution in [0.4, 0.5) is 4.79 Å². The molecular weight excluding hydrogens is 332 g/mol. The van der Waals surface area contributed by atoms with Crippen LogP contribution >= 0.6 is 0 Å². The lowest BCUT2D eigenvalue weighted by molar-refractivity contribution is 0.0535. The van der Waals surface area contributed by atoms with Crippen molar-refractivity contribution in [1.29, 1.82) is 0 Å². The molecule has 0 bridgehead atoms. The highest BCUT2D eigenvalue weighted by Crippen LogP contribution is 2.32. The number of benzene rings is 1. The summed E-state index contributed by atoms with van der Waals surface area (Å²) >= 11 is 0. The van der Waals surface area contributed by atoms with Crippen LogP contribution in [0, 0.1) is 6.92 Å². The van der Waals surface area contributed by atoms with Crippen molar-refractivity contribution in [3.05, 3.63) is 41.1 Å². The van der Waals surface area contributed by atoms with Crippen molar-refractivity contribution in [1.82, 2.24) is 9.88 Å². The third-order valence-electron chi connectivity index (χ3n) is 4.28. The molecule has 6 nitrogen and oxygen atoms in total.